The van der Waals surface area contributed by atoms with E-state index in [0.29, 0.717) is 36.5 Å². The van der Waals surface area contributed by atoms with E-state index in [4.69, 9.17) is 16.3 Å². The first-order valence-electron chi connectivity index (χ1n) is 15.1. The van der Waals surface area contributed by atoms with Crippen LogP contribution in [0.25, 0.3) is 0 Å². The molecule has 13 heteroatoms. The van der Waals surface area contributed by atoms with Crippen molar-refractivity contribution >= 4 is 41.0 Å². The van der Waals surface area contributed by atoms with Crippen LogP contribution in [0.1, 0.15) is 59.3 Å². The summed E-state index contributed by atoms with van der Waals surface area (Å²) in [6.45, 7) is 5.67. The van der Waals surface area contributed by atoms with Crippen molar-refractivity contribution in [1.82, 2.24) is 15.5 Å². The summed E-state index contributed by atoms with van der Waals surface area (Å²) in [5, 5.41) is 8.90. The summed E-state index contributed by atoms with van der Waals surface area (Å²) in [5.41, 5.74) is 0.569. The summed E-state index contributed by atoms with van der Waals surface area (Å²) in [7, 11) is 0. The van der Waals surface area contributed by atoms with Crippen LogP contribution in [0.5, 0.6) is 0 Å². The topological polar surface area (TPSA) is 117 Å². The Morgan fingerprint density at radius 1 is 1.23 bits per heavy atom. The fourth-order valence-corrected chi connectivity index (χ4v) is 6.72. The number of hydrogen-bond donors (Lipinski definition) is 3. The average Bonchev–Trinajstić information content (AvgIpc) is 3.35. The Balaban J connectivity index is 1.65. The van der Waals surface area contributed by atoms with Gasteiger partial charge in [-0.3, -0.25) is 14.4 Å². The summed E-state index contributed by atoms with van der Waals surface area (Å²) < 4.78 is 50.1. The highest BCUT2D eigenvalue weighted by atomic mass is 35.5. The third kappa shape index (κ3) is 7.86. The van der Waals surface area contributed by atoms with E-state index in [0.717, 1.165) is 6.08 Å². The van der Waals surface area contributed by atoms with E-state index >= 15 is 8.78 Å². The Morgan fingerprint density at radius 2 is 1.98 bits per heavy atom. The largest absolute Gasteiger partial charge is 0.461 e. The molecule has 0 aromatic heterocycles. The van der Waals surface area contributed by atoms with Gasteiger partial charge in [-0.15, -0.1) is 0 Å². The number of carbonyl (C=O) groups is 4. The molecule has 44 heavy (non-hydrogen) atoms. The number of amides is 3. The van der Waals surface area contributed by atoms with E-state index in [1.807, 2.05) is 13.8 Å². The molecule has 0 radical (unpaired) electrons. The Bertz CT molecular complexity index is 1280. The Morgan fingerprint density at radius 3 is 2.59 bits per heavy atom. The summed E-state index contributed by atoms with van der Waals surface area (Å²) in [4.78, 5) is 53.7. The minimum absolute atomic E-state index is 0.0266. The van der Waals surface area contributed by atoms with Crippen LogP contribution >= 0.6 is 11.6 Å². The van der Waals surface area contributed by atoms with Gasteiger partial charge >= 0.3 is 5.97 Å². The van der Waals surface area contributed by atoms with Crippen molar-refractivity contribution in [2.75, 3.05) is 18.5 Å². The number of nitrogens with one attached hydrogen (secondary N) is 3. The quantitative estimate of drug-likeness (QED) is 0.227. The predicted molar refractivity (Wildman–Crippen MR) is 159 cm³/mol. The molecule has 3 aliphatic heterocycles. The number of benzene rings is 1. The second-order valence-electron chi connectivity index (χ2n) is 12.2. The van der Waals surface area contributed by atoms with Crippen LogP contribution in [0.15, 0.2) is 36.2 Å². The molecule has 242 valence electrons. The average molecular weight is 641 g/mol. The number of alkyl halides is 2. The van der Waals surface area contributed by atoms with Crippen molar-refractivity contribution in [1.29, 1.82) is 0 Å². The number of rotatable bonds is 12. The minimum atomic E-state index is -3.21. The SMILES string of the molecule is CCOC(=O)/C(F)=C\[C@@H](C[C@H]1CCNC1=O)NC(=O)[C@H]1[C@@H]2CC[C@@H](CC2(F)F)N1C(=O)[C@@H](CC(C)C)Nc1cccc(Cl)c1. The lowest BCUT2D eigenvalue weighted by atomic mass is 9.71. The zero-order valence-corrected chi connectivity index (χ0v) is 25.8. The van der Waals surface area contributed by atoms with Gasteiger partial charge in [0.05, 0.1) is 18.6 Å². The number of fused-ring (bicyclic) bond motifs is 3. The maximum atomic E-state index is 15.3. The monoisotopic (exact) mass is 640 g/mol. The molecule has 2 bridgehead atoms. The lowest BCUT2D eigenvalue weighted by Gasteiger charge is -2.54. The molecule has 4 aliphatic rings. The number of halogens is 4. The predicted octanol–water partition coefficient (Wildman–Crippen LogP) is 4.61. The van der Waals surface area contributed by atoms with Gasteiger partial charge in [0.2, 0.25) is 23.5 Å². The van der Waals surface area contributed by atoms with Crippen LogP contribution in [-0.4, -0.2) is 71.8 Å². The highest BCUT2D eigenvalue weighted by molar-refractivity contribution is 6.30. The van der Waals surface area contributed by atoms with Crippen LogP contribution < -0.4 is 16.0 Å². The van der Waals surface area contributed by atoms with Gasteiger partial charge in [-0.2, -0.15) is 4.39 Å². The van der Waals surface area contributed by atoms with Gasteiger partial charge in [-0.25, -0.2) is 13.6 Å². The number of hydrogen-bond acceptors (Lipinski definition) is 6. The smallest absolute Gasteiger partial charge is 0.366 e. The van der Waals surface area contributed by atoms with Crippen LogP contribution in [0, 0.1) is 17.8 Å². The second-order valence-corrected chi connectivity index (χ2v) is 12.6. The molecule has 1 aliphatic carbocycles. The van der Waals surface area contributed by atoms with Crippen LogP contribution in [-0.2, 0) is 23.9 Å². The van der Waals surface area contributed by atoms with Gasteiger partial charge in [-0.05, 0) is 69.2 Å². The van der Waals surface area contributed by atoms with Gasteiger partial charge in [0, 0.05) is 35.6 Å². The summed E-state index contributed by atoms with van der Waals surface area (Å²) in [6.07, 6.45) is 1.32. The van der Waals surface area contributed by atoms with Crippen molar-refractivity contribution in [2.24, 2.45) is 17.8 Å². The molecule has 1 aromatic rings. The van der Waals surface area contributed by atoms with Crippen LogP contribution in [0.3, 0.4) is 0 Å². The molecule has 3 heterocycles. The second kappa shape index (κ2) is 14.2. The van der Waals surface area contributed by atoms with E-state index in [1.165, 1.54) is 11.8 Å². The van der Waals surface area contributed by atoms with Gasteiger partial charge in [0.15, 0.2) is 0 Å². The van der Waals surface area contributed by atoms with Crippen molar-refractivity contribution in [3.05, 3.63) is 41.2 Å². The number of ether oxygens (including phenoxy) is 1. The first-order chi connectivity index (χ1) is 20.8. The molecule has 5 rings (SSSR count). The van der Waals surface area contributed by atoms with E-state index in [-0.39, 0.29) is 31.3 Å². The summed E-state index contributed by atoms with van der Waals surface area (Å²) in [6, 6.07) is 2.33. The first-order valence-corrected chi connectivity index (χ1v) is 15.5. The van der Waals surface area contributed by atoms with Crippen molar-refractivity contribution < 1.29 is 37.1 Å². The molecule has 0 unspecified atom stereocenters. The molecule has 4 fully saturated rings. The molecule has 6 atom stereocenters. The molecule has 1 aromatic carbocycles. The minimum Gasteiger partial charge on any atom is -0.461 e. The van der Waals surface area contributed by atoms with Gasteiger partial charge in [0.25, 0.3) is 5.92 Å². The number of nitrogens with zero attached hydrogens (tertiary/aromatic N) is 1. The van der Waals surface area contributed by atoms with Crippen molar-refractivity contribution in [3.63, 3.8) is 0 Å². The molecule has 3 saturated heterocycles. The fraction of sp³-hybridized carbons (Fsp3) is 0.613. The molecular weight excluding hydrogens is 601 g/mol. The highest BCUT2D eigenvalue weighted by Gasteiger charge is 2.61. The lowest BCUT2D eigenvalue weighted by molar-refractivity contribution is -0.194. The fourth-order valence-electron chi connectivity index (χ4n) is 6.53. The van der Waals surface area contributed by atoms with Crippen molar-refractivity contribution in [2.45, 2.75) is 89.4 Å². The zero-order chi connectivity index (χ0) is 32.2. The van der Waals surface area contributed by atoms with E-state index in [1.54, 1.807) is 24.3 Å². The summed E-state index contributed by atoms with van der Waals surface area (Å²) in [5.74, 6) is -9.42. The molecule has 3 amide bonds. The molecule has 1 saturated carbocycles. The first kappa shape index (κ1) is 33.6. The highest BCUT2D eigenvalue weighted by Crippen LogP contribution is 2.49. The zero-order valence-electron chi connectivity index (χ0n) is 25.1. The molecule has 3 N–H and O–H groups in total. The molecule has 0 spiro atoms. The van der Waals surface area contributed by atoms with Gasteiger partial charge in [-0.1, -0.05) is 31.5 Å². The van der Waals surface area contributed by atoms with Crippen molar-refractivity contribution in [3.8, 4) is 0 Å². The molecular formula is C31H40ClF3N4O5. The Labute approximate surface area is 260 Å². The third-order valence-electron chi connectivity index (χ3n) is 8.48. The van der Waals surface area contributed by atoms with E-state index in [9.17, 15) is 23.6 Å². The Hall–Kier alpha value is -3.28. The maximum Gasteiger partial charge on any atom is 0.366 e. The number of piperidine rings is 2. The number of anilines is 1. The maximum absolute atomic E-state index is 15.3. The number of esters is 1. The van der Waals surface area contributed by atoms with Gasteiger partial charge < -0.3 is 25.6 Å². The van der Waals surface area contributed by atoms with E-state index < -0.39 is 72.0 Å². The standard InChI is InChI=1S/C31H40ClF3N4O5/c1-4-44-30(43)24(33)15-21(13-18-10-11-36-27(18)40)38-28(41)26-23-9-8-22(16-31(23,34)35)39(26)29(42)25(12-17(2)3)37-20-7-5-6-19(32)14-20/h5-7,14-15,17-18,21-23,25-26,37H,4,8-13,16H2,1-3H3,(H,36,40)(H,38,41)/b24-15+/t18-,21-,22+,23+,25-,26-/m1/s1. The summed E-state index contributed by atoms with van der Waals surface area (Å²) >= 11 is 6.14. The lowest BCUT2D eigenvalue weighted by Crippen LogP contribution is -2.70. The van der Waals surface area contributed by atoms with Gasteiger partial charge in [0.1, 0.15) is 12.1 Å². The Kier molecular flexibility index (Phi) is 10.9. The molecule has 9 nitrogen and oxygen atoms in total. The third-order valence-corrected chi connectivity index (χ3v) is 8.71. The normalized spacial score (nSPS) is 25.8. The van der Waals surface area contributed by atoms with Crippen LogP contribution in [0.4, 0.5) is 18.9 Å². The van der Waals surface area contributed by atoms with Crippen LogP contribution in [0.2, 0.25) is 5.02 Å². The number of carbonyl (C=O) groups excluding carboxylic acids is 4. The van der Waals surface area contributed by atoms with E-state index in [2.05, 4.69) is 16.0 Å².